The van der Waals surface area contributed by atoms with E-state index in [1.165, 1.54) is 5.69 Å². The van der Waals surface area contributed by atoms with Crippen LogP contribution in [0, 0.1) is 6.92 Å². The normalized spacial score (nSPS) is 12.4. The molecule has 0 aliphatic carbocycles. The maximum absolute atomic E-state index is 5.03. The summed E-state index contributed by atoms with van der Waals surface area (Å²) in [6, 6.07) is 5.99. The average Bonchev–Trinajstić information content (AvgIpc) is 2.84. The molecule has 2 rings (SSSR count). The van der Waals surface area contributed by atoms with Gasteiger partial charge in [-0.3, -0.25) is 4.68 Å². The van der Waals surface area contributed by atoms with Crippen molar-refractivity contribution < 1.29 is 4.74 Å². The first-order valence-electron chi connectivity index (χ1n) is 6.76. The monoisotopic (exact) mass is 275 g/mol. The van der Waals surface area contributed by atoms with E-state index in [1.54, 1.807) is 7.11 Å². The number of methoxy groups -OCH3 is 1. The summed E-state index contributed by atoms with van der Waals surface area (Å²) in [6.45, 7) is 4.97. The molecule has 6 nitrogen and oxygen atoms in total. The van der Waals surface area contributed by atoms with Crippen molar-refractivity contribution in [2.24, 2.45) is 0 Å². The fourth-order valence-electron chi connectivity index (χ4n) is 2.23. The second kappa shape index (κ2) is 6.47. The van der Waals surface area contributed by atoms with Gasteiger partial charge in [-0.05, 0) is 33.0 Å². The number of aryl methyl sites for hydroxylation is 2. The van der Waals surface area contributed by atoms with Crippen LogP contribution in [0.15, 0.2) is 18.2 Å². The molecule has 1 atom stereocenters. The van der Waals surface area contributed by atoms with Crippen LogP contribution in [-0.2, 0) is 13.0 Å². The summed E-state index contributed by atoms with van der Waals surface area (Å²) in [6.07, 6.45) is 0.826. The number of nitrogens with zero attached hydrogens (tertiary/aromatic N) is 4. The van der Waals surface area contributed by atoms with Crippen molar-refractivity contribution in [3.8, 4) is 5.88 Å². The minimum Gasteiger partial charge on any atom is -0.480 e. The predicted molar refractivity (Wildman–Crippen MR) is 76.7 cm³/mol. The zero-order valence-corrected chi connectivity index (χ0v) is 12.4. The zero-order valence-electron chi connectivity index (χ0n) is 12.4. The van der Waals surface area contributed by atoms with Gasteiger partial charge in [0.2, 0.25) is 5.88 Å². The smallest absolute Gasteiger partial charge is 0.233 e. The lowest BCUT2D eigenvalue weighted by atomic mass is 10.1. The number of rotatable bonds is 6. The highest BCUT2D eigenvalue weighted by molar-refractivity contribution is 5.18. The van der Waals surface area contributed by atoms with Crippen LogP contribution in [-0.4, -0.2) is 34.1 Å². The molecule has 0 saturated heterocycles. The summed E-state index contributed by atoms with van der Waals surface area (Å²) >= 11 is 0. The number of hydrogen-bond acceptors (Lipinski definition) is 5. The molecule has 0 aliphatic heterocycles. The van der Waals surface area contributed by atoms with E-state index < -0.39 is 0 Å². The van der Waals surface area contributed by atoms with Crippen molar-refractivity contribution in [3.05, 3.63) is 35.3 Å². The minimum absolute atomic E-state index is 0.106. The Kier molecular flexibility index (Phi) is 4.68. The third-order valence-electron chi connectivity index (χ3n) is 3.27. The predicted octanol–water partition coefficient (Wildman–Crippen LogP) is 1.51. The number of hydrogen-bond donors (Lipinski definition) is 1. The number of aromatic nitrogens is 4. The number of nitrogens with one attached hydrogen (secondary N) is 1. The first-order valence-corrected chi connectivity index (χ1v) is 6.76. The highest BCUT2D eigenvalue weighted by atomic mass is 16.5. The third-order valence-corrected chi connectivity index (χ3v) is 3.27. The Morgan fingerprint density at radius 3 is 2.70 bits per heavy atom. The van der Waals surface area contributed by atoms with Gasteiger partial charge in [0.15, 0.2) is 0 Å². The molecule has 0 spiro atoms. The van der Waals surface area contributed by atoms with Crippen LogP contribution in [0.3, 0.4) is 0 Å². The molecule has 0 amide bonds. The molecule has 0 radical (unpaired) electrons. The summed E-state index contributed by atoms with van der Waals surface area (Å²) in [5.74, 6) is 0.526. The average molecular weight is 275 g/mol. The van der Waals surface area contributed by atoms with E-state index >= 15 is 0 Å². The van der Waals surface area contributed by atoms with Gasteiger partial charge in [-0.15, -0.1) is 5.10 Å². The summed E-state index contributed by atoms with van der Waals surface area (Å²) in [5, 5.41) is 16.0. The molecule has 1 unspecified atom stereocenters. The van der Waals surface area contributed by atoms with E-state index in [4.69, 9.17) is 4.74 Å². The van der Waals surface area contributed by atoms with E-state index in [1.807, 2.05) is 30.8 Å². The van der Waals surface area contributed by atoms with Crippen LogP contribution in [0.5, 0.6) is 5.88 Å². The Balaban J connectivity index is 2.19. The van der Waals surface area contributed by atoms with Gasteiger partial charge in [-0.25, -0.2) is 0 Å². The van der Waals surface area contributed by atoms with Crippen LogP contribution in [0.25, 0.3) is 0 Å². The summed E-state index contributed by atoms with van der Waals surface area (Å²) < 4.78 is 7.06. The van der Waals surface area contributed by atoms with Crippen molar-refractivity contribution in [3.63, 3.8) is 0 Å². The molecular formula is C14H21N5O. The van der Waals surface area contributed by atoms with E-state index in [2.05, 4.69) is 33.6 Å². The van der Waals surface area contributed by atoms with Gasteiger partial charge in [0, 0.05) is 24.7 Å². The Hall–Kier alpha value is -1.95. The van der Waals surface area contributed by atoms with E-state index in [0.29, 0.717) is 5.88 Å². The van der Waals surface area contributed by atoms with Gasteiger partial charge in [0.25, 0.3) is 0 Å². The SMILES string of the molecule is CCn1nc(C)cc1CC(NC)c1ccc(OC)nn1. The maximum atomic E-state index is 5.03. The highest BCUT2D eigenvalue weighted by Crippen LogP contribution is 2.18. The summed E-state index contributed by atoms with van der Waals surface area (Å²) in [5.41, 5.74) is 3.13. The maximum Gasteiger partial charge on any atom is 0.233 e. The van der Waals surface area contributed by atoms with Crippen molar-refractivity contribution in [1.29, 1.82) is 0 Å². The molecule has 2 aromatic rings. The second-order valence-electron chi connectivity index (χ2n) is 4.64. The zero-order chi connectivity index (χ0) is 14.5. The summed E-state index contributed by atoms with van der Waals surface area (Å²) in [4.78, 5) is 0. The summed E-state index contributed by atoms with van der Waals surface area (Å²) in [7, 11) is 3.51. The van der Waals surface area contributed by atoms with Gasteiger partial charge in [0.05, 0.1) is 24.5 Å². The van der Waals surface area contributed by atoms with E-state index in [-0.39, 0.29) is 6.04 Å². The first kappa shape index (κ1) is 14.5. The third kappa shape index (κ3) is 3.14. The van der Waals surface area contributed by atoms with Crippen LogP contribution < -0.4 is 10.1 Å². The quantitative estimate of drug-likeness (QED) is 0.865. The van der Waals surface area contributed by atoms with Crippen LogP contribution >= 0.6 is 0 Å². The van der Waals surface area contributed by atoms with Gasteiger partial charge in [-0.2, -0.15) is 10.2 Å². The van der Waals surface area contributed by atoms with E-state index in [0.717, 1.165) is 24.4 Å². The lowest BCUT2D eigenvalue weighted by Gasteiger charge is -2.15. The largest absolute Gasteiger partial charge is 0.480 e. The highest BCUT2D eigenvalue weighted by Gasteiger charge is 2.15. The van der Waals surface area contributed by atoms with Crippen molar-refractivity contribution in [1.82, 2.24) is 25.3 Å². The first-order chi connectivity index (χ1) is 9.67. The molecule has 2 aromatic heterocycles. The molecular weight excluding hydrogens is 254 g/mol. The van der Waals surface area contributed by atoms with Crippen LogP contribution in [0.1, 0.15) is 30.0 Å². The minimum atomic E-state index is 0.106. The molecule has 0 bridgehead atoms. The Morgan fingerprint density at radius 2 is 2.15 bits per heavy atom. The molecule has 6 heteroatoms. The Morgan fingerprint density at radius 1 is 1.35 bits per heavy atom. The van der Waals surface area contributed by atoms with Gasteiger partial charge in [-0.1, -0.05) is 0 Å². The Bertz CT molecular complexity index is 549. The van der Waals surface area contributed by atoms with Crippen molar-refractivity contribution >= 4 is 0 Å². The molecule has 1 N–H and O–H groups in total. The topological polar surface area (TPSA) is 64.9 Å². The van der Waals surface area contributed by atoms with Gasteiger partial charge in [0.1, 0.15) is 0 Å². The molecule has 108 valence electrons. The molecule has 2 heterocycles. The molecule has 0 aromatic carbocycles. The van der Waals surface area contributed by atoms with Crippen LogP contribution in [0.4, 0.5) is 0 Å². The van der Waals surface area contributed by atoms with Crippen molar-refractivity contribution in [2.45, 2.75) is 32.9 Å². The fourth-order valence-corrected chi connectivity index (χ4v) is 2.23. The fraction of sp³-hybridized carbons (Fsp3) is 0.500. The van der Waals surface area contributed by atoms with Gasteiger partial charge < -0.3 is 10.1 Å². The van der Waals surface area contributed by atoms with E-state index in [9.17, 15) is 0 Å². The van der Waals surface area contributed by atoms with Crippen LogP contribution in [0.2, 0.25) is 0 Å². The lowest BCUT2D eigenvalue weighted by Crippen LogP contribution is -2.22. The lowest BCUT2D eigenvalue weighted by molar-refractivity contribution is 0.389. The Labute approximate surface area is 119 Å². The van der Waals surface area contributed by atoms with Crippen molar-refractivity contribution in [2.75, 3.05) is 14.2 Å². The number of ether oxygens (including phenoxy) is 1. The second-order valence-corrected chi connectivity index (χ2v) is 4.64. The molecule has 0 saturated carbocycles. The standard InChI is InChI=1S/C14H21N5O/c1-5-19-11(8-10(2)18-19)9-13(15-3)12-6-7-14(20-4)17-16-12/h6-8,13,15H,5,9H2,1-4H3. The number of likely N-dealkylation sites (N-methyl/N-ethyl adjacent to an activating group) is 1. The molecule has 0 aliphatic rings. The van der Waals surface area contributed by atoms with Gasteiger partial charge >= 0.3 is 0 Å². The molecule has 20 heavy (non-hydrogen) atoms. The molecule has 0 fully saturated rings.